The standard InChI is InChI=1S/C19H17F/c1-4-5-17-12-14(2)15(3)13-18(17)9-6-16-7-10-19(20)11-8-16/h4,7-8,10-13H,1,5H2,2-3H3. The third kappa shape index (κ3) is 3.36. The highest BCUT2D eigenvalue weighted by Crippen LogP contribution is 2.16. The molecule has 0 saturated heterocycles. The van der Waals surface area contributed by atoms with Crippen LogP contribution in [0.2, 0.25) is 0 Å². The fourth-order valence-corrected chi connectivity index (χ4v) is 1.99. The van der Waals surface area contributed by atoms with Crippen molar-refractivity contribution in [2.75, 3.05) is 0 Å². The summed E-state index contributed by atoms with van der Waals surface area (Å²) < 4.78 is 12.9. The van der Waals surface area contributed by atoms with Gasteiger partial charge in [0.25, 0.3) is 0 Å². The van der Waals surface area contributed by atoms with Crippen LogP contribution in [0.4, 0.5) is 4.39 Å². The summed E-state index contributed by atoms with van der Waals surface area (Å²) in [5, 5.41) is 0. The zero-order valence-electron chi connectivity index (χ0n) is 11.8. The zero-order chi connectivity index (χ0) is 14.5. The van der Waals surface area contributed by atoms with E-state index in [0.717, 1.165) is 17.5 Å². The summed E-state index contributed by atoms with van der Waals surface area (Å²) in [4.78, 5) is 0. The van der Waals surface area contributed by atoms with E-state index in [1.165, 1.54) is 28.8 Å². The van der Waals surface area contributed by atoms with Crippen molar-refractivity contribution in [2.24, 2.45) is 0 Å². The third-order valence-corrected chi connectivity index (χ3v) is 3.27. The highest BCUT2D eigenvalue weighted by molar-refractivity contribution is 5.50. The molecule has 0 bridgehead atoms. The summed E-state index contributed by atoms with van der Waals surface area (Å²) in [5.74, 6) is 6.02. The van der Waals surface area contributed by atoms with Crippen molar-refractivity contribution in [3.63, 3.8) is 0 Å². The second-order valence-corrected chi connectivity index (χ2v) is 4.84. The predicted octanol–water partition coefficient (Wildman–Crippen LogP) is 4.57. The Kier molecular flexibility index (Phi) is 4.38. The van der Waals surface area contributed by atoms with E-state index < -0.39 is 0 Å². The molecular weight excluding hydrogens is 247 g/mol. The molecule has 0 aliphatic heterocycles. The number of hydrogen-bond donors (Lipinski definition) is 0. The average molecular weight is 264 g/mol. The Morgan fingerprint density at radius 2 is 1.70 bits per heavy atom. The Morgan fingerprint density at radius 3 is 2.35 bits per heavy atom. The second-order valence-electron chi connectivity index (χ2n) is 4.84. The Labute approximate surface area is 120 Å². The van der Waals surface area contributed by atoms with E-state index in [1.807, 2.05) is 6.08 Å². The van der Waals surface area contributed by atoms with Gasteiger partial charge in [-0.05, 0) is 67.3 Å². The number of allylic oxidation sites excluding steroid dienone is 1. The van der Waals surface area contributed by atoms with Gasteiger partial charge in [0.1, 0.15) is 5.82 Å². The Morgan fingerprint density at radius 1 is 1.05 bits per heavy atom. The fraction of sp³-hybridized carbons (Fsp3) is 0.158. The molecule has 0 heterocycles. The number of benzene rings is 2. The van der Waals surface area contributed by atoms with Crippen molar-refractivity contribution in [3.05, 3.63) is 82.7 Å². The molecule has 0 N–H and O–H groups in total. The lowest BCUT2D eigenvalue weighted by atomic mass is 9.98. The minimum atomic E-state index is -0.242. The first-order valence-corrected chi connectivity index (χ1v) is 6.59. The second kappa shape index (κ2) is 6.21. The van der Waals surface area contributed by atoms with Crippen molar-refractivity contribution in [1.82, 2.24) is 0 Å². The van der Waals surface area contributed by atoms with Crippen molar-refractivity contribution in [1.29, 1.82) is 0 Å². The maximum Gasteiger partial charge on any atom is 0.123 e. The first-order valence-electron chi connectivity index (χ1n) is 6.59. The topological polar surface area (TPSA) is 0 Å². The van der Waals surface area contributed by atoms with E-state index in [2.05, 4.69) is 44.4 Å². The quantitative estimate of drug-likeness (QED) is 0.550. The molecule has 0 unspecified atom stereocenters. The van der Waals surface area contributed by atoms with Gasteiger partial charge in [0.05, 0.1) is 0 Å². The molecule has 2 aromatic carbocycles. The van der Waals surface area contributed by atoms with Crippen LogP contribution in [0.25, 0.3) is 0 Å². The minimum absolute atomic E-state index is 0.242. The molecule has 2 rings (SSSR count). The van der Waals surface area contributed by atoms with E-state index in [1.54, 1.807) is 12.1 Å². The normalized spacial score (nSPS) is 9.75. The summed E-state index contributed by atoms with van der Waals surface area (Å²) in [6.45, 7) is 7.96. The molecule has 0 radical (unpaired) electrons. The molecule has 0 fully saturated rings. The van der Waals surface area contributed by atoms with Gasteiger partial charge in [-0.1, -0.05) is 24.0 Å². The van der Waals surface area contributed by atoms with Crippen LogP contribution in [0.15, 0.2) is 49.1 Å². The average Bonchev–Trinajstić information content (AvgIpc) is 2.43. The van der Waals surface area contributed by atoms with Crippen LogP contribution in [0.1, 0.15) is 27.8 Å². The molecule has 0 spiro atoms. The fourth-order valence-electron chi connectivity index (χ4n) is 1.99. The molecule has 0 aromatic heterocycles. The lowest BCUT2D eigenvalue weighted by Crippen LogP contribution is -1.92. The molecule has 0 saturated carbocycles. The maximum atomic E-state index is 12.9. The van der Waals surface area contributed by atoms with Gasteiger partial charge in [-0.2, -0.15) is 0 Å². The Bertz CT molecular complexity index is 682. The third-order valence-electron chi connectivity index (χ3n) is 3.27. The van der Waals surface area contributed by atoms with Crippen LogP contribution in [0.5, 0.6) is 0 Å². The summed E-state index contributed by atoms with van der Waals surface area (Å²) in [6.07, 6.45) is 2.68. The Hall–Kier alpha value is -2.33. The van der Waals surface area contributed by atoms with Gasteiger partial charge in [0.15, 0.2) is 0 Å². The molecule has 0 nitrogen and oxygen atoms in total. The van der Waals surface area contributed by atoms with Gasteiger partial charge < -0.3 is 0 Å². The predicted molar refractivity (Wildman–Crippen MR) is 82.2 cm³/mol. The largest absolute Gasteiger partial charge is 0.207 e. The number of halogens is 1. The van der Waals surface area contributed by atoms with Gasteiger partial charge in [0.2, 0.25) is 0 Å². The lowest BCUT2D eigenvalue weighted by molar-refractivity contribution is 0.627. The van der Waals surface area contributed by atoms with E-state index in [0.29, 0.717) is 0 Å². The molecule has 0 aliphatic rings. The first-order chi connectivity index (χ1) is 9.60. The summed E-state index contributed by atoms with van der Waals surface area (Å²) in [5.41, 5.74) is 5.49. The summed E-state index contributed by atoms with van der Waals surface area (Å²) in [6, 6.07) is 10.5. The van der Waals surface area contributed by atoms with E-state index >= 15 is 0 Å². The van der Waals surface area contributed by atoms with E-state index in [4.69, 9.17) is 0 Å². The Balaban J connectivity index is 2.40. The van der Waals surface area contributed by atoms with Crippen molar-refractivity contribution >= 4 is 0 Å². The number of aryl methyl sites for hydroxylation is 2. The van der Waals surface area contributed by atoms with Crippen molar-refractivity contribution in [2.45, 2.75) is 20.3 Å². The smallest absolute Gasteiger partial charge is 0.123 e. The summed E-state index contributed by atoms with van der Waals surface area (Å²) in [7, 11) is 0. The molecule has 0 aliphatic carbocycles. The van der Waals surface area contributed by atoms with Gasteiger partial charge in [0, 0.05) is 11.1 Å². The van der Waals surface area contributed by atoms with Crippen LogP contribution in [0.3, 0.4) is 0 Å². The van der Waals surface area contributed by atoms with Crippen LogP contribution in [0, 0.1) is 31.5 Å². The minimum Gasteiger partial charge on any atom is -0.207 e. The molecule has 1 heteroatoms. The van der Waals surface area contributed by atoms with E-state index in [9.17, 15) is 4.39 Å². The number of hydrogen-bond acceptors (Lipinski definition) is 0. The highest BCUT2D eigenvalue weighted by Gasteiger charge is 2.02. The molecular formula is C19H17F. The van der Waals surface area contributed by atoms with Crippen LogP contribution in [-0.4, -0.2) is 0 Å². The molecule has 2 aromatic rings. The maximum absolute atomic E-state index is 12.9. The van der Waals surface area contributed by atoms with Crippen LogP contribution in [-0.2, 0) is 6.42 Å². The van der Waals surface area contributed by atoms with Crippen LogP contribution < -0.4 is 0 Å². The zero-order valence-corrected chi connectivity index (χ0v) is 11.8. The van der Waals surface area contributed by atoms with Gasteiger partial charge in [-0.15, -0.1) is 6.58 Å². The summed E-state index contributed by atoms with van der Waals surface area (Å²) >= 11 is 0. The molecule has 0 amide bonds. The molecule has 20 heavy (non-hydrogen) atoms. The van der Waals surface area contributed by atoms with Gasteiger partial charge >= 0.3 is 0 Å². The van der Waals surface area contributed by atoms with Gasteiger partial charge in [-0.3, -0.25) is 0 Å². The molecule has 0 atom stereocenters. The van der Waals surface area contributed by atoms with E-state index in [-0.39, 0.29) is 5.82 Å². The molecule has 100 valence electrons. The lowest BCUT2D eigenvalue weighted by Gasteiger charge is -2.07. The highest BCUT2D eigenvalue weighted by atomic mass is 19.1. The monoisotopic (exact) mass is 264 g/mol. The van der Waals surface area contributed by atoms with Gasteiger partial charge in [-0.25, -0.2) is 4.39 Å². The van der Waals surface area contributed by atoms with Crippen LogP contribution >= 0.6 is 0 Å². The van der Waals surface area contributed by atoms with Crippen molar-refractivity contribution < 1.29 is 4.39 Å². The van der Waals surface area contributed by atoms with Crippen molar-refractivity contribution in [3.8, 4) is 11.8 Å². The number of rotatable bonds is 2. The first kappa shape index (κ1) is 14.1. The SMILES string of the molecule is C=CCc1cc(C)c(C)cc1C#Cc1ccc(F)cc1.